The van der Waals surface area contributed by atoms with Crippen molar-refractivity contribution in [1.82, 2.24) is 14.5 Å². The number of fused-ring (bicyclic) bond motifs is 2. The van der Waals surface area contributed by atoms with E-state index in [2.05, 4.69) is 16.0 Å². The Labute approximate surface area is 169 Å². The molecule has 8 nitrogen and oxygen atoms in total. The zero-order valence-electron chi connectivity index (χ0n) is 17.2. The molecule has 1 amide bonds. The van der Waals surface area contributed by atoms with E-state index in [1.807, 2.05) is 20.8 Å². The number of likely N-dealkylation sites (tertiary alicyclic amines) is 1. The van der Waals surface area contributed by atoms with E-state index >= 15 is 0 Å². The van der Waals surface area contributed by atoms with Crippen molar-refractivity contribution < 1.29 is 9.53 Å². The zero-order valence-corrected chi connectivity index (χ0v) is 17.2. The van der Waals surface area contributed by atoms with Gasteiger partial charge in [0.05, 0.1) is 11.2 Å². The van der Waals surface area contributed by atoms with Gasteiger partial charge in [-0.25, -0.2) is 9.78 Å². The summed E-state index contributed by atoms with van der Waals surface area (Å²) in [6.45, 7) is 8.38. The Kier molecular flexibility index (Phi) is 4.49. The lowest BCUT2D eigenvalue weighted by molar-refractivity contribution is 0.0282. The summed E-state index contributed by atoms with van der Waals surface area (Å²) in [6.07, 6.45) is -0.266. The normalized spacial score (nSPS) is 21.3. The lowest BCUT2D eigenvalue weighted by Gasteiger charge is -2.27. The topological polar surface area (TPSA) is 91.5 Å². The van der Waals surface area contributed by atoms with Crippen molar-refractivity contribution in [2.75, 3.05) is 31.1 Å². The number of nitrogens with zero attached hydrogens (tertiary/aromatic N) is 5. The Morgan fingerprint density at radius 1 is 1.21 bits per heavy atom. The highest BCUT2D eigenvalue weighted by molar-refractivity contribution is 5.88. The van der Waals surface area contributed by atoms with Crippen LogP contribution in [0.4, 0.5) is 10.5 Å². The number of aryl methyl sites for hydroxylation is 1. The fraction of sp³-hybridized carbons (Fsp3) is 0.524. The van der Waals surface area contributed by atoms with E-state index in [4.69, 9.17) is 4.74 Å². The molecule has 0 aliphatic carbocycles. The van der Waals surface area contributed by atoms with Crippen LogP contribution in [0.25, 0.3) is 11.0 Å². The standard InChI is InChI=1S/C21H25N5O3/c1-21(2,3)29-20(28)26-11-13-9-25(10-14(13)12-26)17-7-18(27)24(4)16-6-5-15(8-22)23-19(16)17/h5-7,13-14H,9-12H2,1-4H3. The quantitative estimate of drug-likeness (QED) is 0.734. The third-order valence-electron chi connectivity index (χ3n) is 5.66. The van der Waals surface area contributed by atoms with Crippen LogP contribution < -0.4 is 10.5 Å². The molecule has 4 heterocycles. The number of carbonyl (C=O) groups excluding carboxylic acids is 1. The summed E-state index contributed by atoms with van der Waals surface area (Å²) in [5.74, 6) is 0.640. The first-order valence-corrected chi connectivity index (χ1v) is 9.80. The van der Waals surface area contributed by atoms with Gasteiger partial charge >= 0.3 is 6.09 Å². The second kappa shape index (κ2) is 6.76. The SMILES string of the molecule is Cn1c(=O)cc(N2CC3CN(C(=O)OC(C)(C)C)CC3C2)c2nc(C#N)ccc21. The molecule has 0 spiro atoms. The van der Waals surface area contributed by atoms with Crippen molar-refractivity contribution >= 4 is 22.8 Å². The fourth-order valence-corrected chi connectivity index (χ4v) is 4.28. The van der Waals surface area contributed by atoms with Crippen LogP contribution in [0.5, 0.6) is 0 Å². The van der Waals surface area contributed by atoms with Crippen LogP contribution in [0.2, 0.25) is 0 Å². The Balaban J connectivity index is 1.58. The molecule has 152 valence electrons. The number of ether oxygens (including phenoxy) is 1. The van der Waals surface area contributed by atoms with Crippen molar-refractivity contribution in [2.24, 2.45) is 18.9 Å². The maximum absolute atomic E-state index is 12.5. The molecule has 2 saturated heterocycles. The zero-order chi connectivity index (χ0) is 20.9. The smallest absolute Gasteiger partial charge is 0.410 e. The monoisotopic (exact) mass is 395 g/mol. The molecule has 2 fully saturated rings. The van der Waals surface area contributed by atoms with E-state index in [9.17, 15) is 14.9 Å². The van der Waals surface area contributed by atoms with Crippen LogP contribution in [-0.2, 0) is 11.8 Å². The van der Waals surface area contributed by atoms with Gasteiger partial charge in [-0.15, -0.1) is 0 Å². The van der Waals surface area contributed by atoms with Gasteiger partial charge in [-0.3, -0.25) is 4.79 Å². The lowest BCUT2D eigenvalue weighted by Crippen LogP contribution is -2.37. The third kappa shape index (κ3) is 3.53. The fourth-order valence-electron chi connectivity index (χ4n) is 4.28. The number of nitriles is 1. The van der Waals surface area contributed by atoms with Crippen LogP contribution in [-0.4, -0.2) is 52.3 Å². The van der Waals surface area contributed by atoms with Crippen molar-refractivity contribution in [3.63, 3.8) is 0 Å². The van der Waals surface area contributed by atoms with E-state index in [0.717, 1.165) is 18.8 Å². The van der Waals surface area contributed by atoms with Crippen LogP contribution in [0.15, 0.2) is 23.0 Å². The van der Waals surface area contributed by atoms with Gasteiger partial charge in [-0.1, -0.05) is 0 Å². The summed E-state index contributed by atoms with van der Waals surface area (Å²) < 4.78 is 7.05. The van der Waals surface area contributed by atoms with Gasteiger partial charge in [0, 0.05) is 51.1 Å². The Morgan fingerprint density at radius 3 is 2.45 bits per heavy atom. The summed E-state index contributed by atoms with van der Waals surface area (Å²) in [7, 11) is 1.71. The first kappa shape index (κ1) is 19.2. The number of hydrogen-bond acceptors (Lipinski definition) is 6. The maximum atomic E-state index is 12.5. The Morgan fingerprint density at radius 2 is 1.86 bits per heavy atom. The van der Waals surface area contributed by atoms with Crippen molar-refractivity contribution in [3.05, 3.63) is 34.2 Å². The average molecular weight is 395 g/mol. The van der Waals surface area contributed by atoms with E-state index < -0.39 is 5.60 Å². The highest BCUT2D eigenvalue weighted by Gasteiger charge is 2.43. The van der Waals surface area contributed by atoms with Crippen LogP contribution in [0, 0.1) is 23.2 Å². The minimum atomic E-state index is -0.506. The molecule has 0 bridgehead atoms. The Hall–Kier alpha value is -3.08. The molecule has 2 aromatic rings. The van der Waals surface area contributed by atoms with Crippen molar-refractivity contribution in [2.45, 2.75) is 26.4 Å². The van der Waals surface area contributed by atoms with Crippen molar-refractivity contribution in [3.8, 4) is 6.07 Å². The van der Waals surface area contributed by atoms with Gasteiger partial charge in [0.1, 0.15) is 22.9 Å². The van der Waals surface area contributed by atoms with Crippen LogP contribution in [0.1, 0.15) is 26.5 Å². The minimum absolute atomic E-state index is 0.105. The number of rotatable bonds is 1. The summed E-state index contributed by atoms with van der Waals surface area (Å²) in [6, 6.07) is 7.07. The number of carbonyl (C=O) groups is 1. The molecule has 0 radical (unpaired) electrons. The molecule has 0 aromatic carbocycles. The molecule has 2 atom stereocenters. The molecule has 2 unspecified atom stereocenters. The molecule has 0 N–H and O–H groups in total. The van der Waals surface area contributed by atoms with E-state index in [0.29, 0.717) is 41.7 Å². The predicted octanol–water partition coefficient (Wildman–Crippen LogP) is 2.11. The molecular weight excluding hydrogens is 370 g/mol. The first-order chi connectivity index (χ1) is 13.7. The predicted molar refractivity (Wildman–Crippen MR) is 109 cm³/mol. The second-order valence-corrected chi connectivity index (χ2v) is 8.91. The third-order valence-corrected chi connectivity index (χ3v) is 5.66. The molecule has 0 saturated carbocycles. The van der Waals surface area contributed by atoms with Crippen molar-refractivity contribution in [1.29, 1.82) is 5.26 Å². The van der Waals surface area contributed by atoms with Crippen LogP contribution >= 0.6 is 0 Å². The number of anilines is 1. The molecule has 4 rings (SSSR count). The van der Waals surface area contributed by atoms with E-state index in [-0.39, 0.29) is 11.7 Å². The van der Waals surface area contributed by atoms with Gasteiger partial charge in [-0.05, 0) is 32.9 Å². The highest BCUT2D eigenvalue weighted by Crippen LogP contribution is 2.36. The van der Waals surface area contributed by atoms with Gasteiger partial charge < -0.3 is 19.1 Å². The largest absolute Gasteiger partial charge is 0.444 e. The Bertz CT molecular complexity index is 1060. The molecule has 29 heavy (non-hydrogen) atoms. The van der Waals surface area contributed by atoms with Crippen LogP contribution in [0.3, 0.4) is 0 Å². The summed E-state index contributed by atoms with van der Waals surface area (Å²) in [5.41, 5.74) is 1.85. The van der Waals surface area contributed by atoms with Gasteiger partial charge in [-0.2, -0.15) is 5.26 Å². The number of pyridine rings is 2. The van der Waals surface area contributed by atoms with Gasteiger partial charge in [0.15, 0.2) is 0 Å². The molecule has 2 aliphatic rings. The number of hydrogen-bond donors (Lipinski definition) is 0. The molecule has 2 aliphatic heterocycles. The second-order valence-electron chi connectivity index (χ2n) is 8.91. The van der Waals surface area contributed by atoms with E-state index in [1.54, 1.807) is 34.7 Å². The average Bonchev–Trinajstić information content (AvgIpc) is 3.22. The van der Waals surface area contributed by atoms with Gasteiger partial charge in [0.25, 0.3) is 5.56 Å². The molecule has 8 heteroatoms. The van der Waals surface area contributed by atoms with E-state index in [1.165, 1.54) is 0 Å². The molecule has 2 aromatic heterocycles. The lowest BCUT2D eigenvalue weighted by atomic mass is 10.0. The number of amides is 1. The summed E-state index contributed by atoms with van der Waals surface area (Å²) >= 11 is 0. The molecular formula is C21H25N5O3. The highest BCUT2D eigenvalue weighted by atomic mass is 16.6. The minimum Gasteiger partial charge on any atom is -0.444 e. The summed E-state index contributed by atoms with van der Waals surface area (Å²) in [4.78, 5) is 33.3. The number of aromatic nitrogens is 2. The first-order valence-electron chi connectivity index (χ1n) is 9.80. The maximum Gasteiger partial charge on any atom is 0.410 e. The summed E-state index contributed by atoms with van der Waals surface area (Å²) in [5, 5.41) is 9.23. The van der Waals surface area contributed by atoms with Gasteiger partial charge in [0.2, 0.25) is 0 Å².